The lowest BCUT2D eigenvalue weighted by Crippen LogP contribution is -2.37. The number of imidazole rings is 1. The minimum Gasteiger partial charge on any atom is -0.310 e. The van der Waals surface area contributed by atoms with E-state index in [4.69, 9.17) is 0 Å². The molecule has 1 aromatic heterocycles. The van der Waals surface area contributed by atoms with E-state index < -0.39 is 0 Å². The number of hydrogen-bond donors (Lipinski definition) is 3. The second-order valence-electron chi connectivity index (χ2n) is 6.28. The number of rotatable bonds is 4. The molecule has 0 radical (unpaired) electrons. The highest BCUT2D eigenvalue weighted by molar-refractivity contribution is 5.75. The maximum absolute atomic E-state index is 11.3. The molecule has 21 heavy (non-hydrogen) atoms. The number of hydrogen-bond acceptors (Lipinski definition) is 3. The Bertz CT molecular complexity index is 660. The van der Waals surface area contributed by atoms with Crippen LogP contribution in [0.5, 0.6) is 0 Å². The van der Waals surface area contributed by atoms with Crippen LogP contribution < -0.4 is 11.0 Å². The van der Waals surface area contributed by atoms with Gasteiger partial charge >= 0.3 is 5.69 Å². The normalized spacial score (nSPS) is 21.7. The average Bonchev–Trinajstić information content (AvgIpc) is 2.84. The van der Waals surface area contributed by atoms with Crippen molar-refractivity contribution in [3.05, 3.63) is 34.2 Å². The number of likely N-dealkylation sites (tertiary alicyclic amines) is 1. The van der Waals surface area contributed by atoms with Gasteiger partial charge in [0.1, 0.15) is 0 Å². The number of aromatic nitrogens is 2. The summed E-state index contributed by atoms with van der Waals surface area (Å²) in [6.45, 7) is 5.64. The van der Waals surface area contributed by atoms with E-state index in [0.717, 1.165) is 23.5 Å². The van der Waals surface area contributed by atoms with E-state index in [1.807, 2.05) is 6.07 Å². The maximum Gasteiger partial charge on any atom is 0.323 e. The quantitative estimate of drug-likeness (QED) is 0.804. The highest BCUT2D eigenvalue weighted by Gasteiger charge is 2.17. The fourth-order valence-electron chi connectivity index (χ4n) is 3.22. The zero-order valence-corrected chi connectivity index (χ0v) is 12.8. The van der Waals surface area contributed by atoms with E-state index in [0.29, 0.717) is 6.04 Å². The minimum absolute atomic E-state index is 0.145. The van der Waals surface area contributed by atoms with Crippen molar-refractivity contribution in [2.75, 3.05) is 26.7 Å². The van der Waals surface area contributed by atoms with Crippen LogP contribution in [0.2, 0.25) is 0 Å². The molecular formula is C16H24N4O. The minimum atomic E-state index is -0.145. The van der Waals surface area contributed by atoms with Gasteiger partial charge in [0, 0.05) is 12.6 Å². The molecule has 1 aromatic carbocycles. The summed E-state index contributed by atoms with van der Waals surface area (Å²) in [6, 6.07) is 6.39. The Morgan fingerprint density at radius 2 is 2.19 bits per heavy atom. The van der Waals surface area contributed by atoms with Gasteiger partial charge in [-0.3, -0.25) is 0 Å². The average molecular weight is 288 g/mol. The molecule has 2 unspecified atom stereocenters. The summed E-state index contributed by atoms with van der Waals surface area (Å²) in [5.41, 5.74) is 2.81. The van der Waals surface area contributed by atoms with Crippen LogP contribution in [0, 0.1) is 5.92 Å². The molecule has 2 heterocycles. The summed E-state index contributed by atoms with van der Waals surface area (Å²) in [5.74, 6) is 0.738. The summed E-state index contributed by atoms with van der Waals surface area (Å²) < 4.78 is 0. The van der Waals surface area contributed by atoms with Gasteiger partial charge in [0.05, 0.1) is 11.0 Å². The molecule has 2 atom stereocenters. The van der Waals surface area contributed by atoms with Crippen LogP contribution in [0.25, 0.3) is 11.0 Å². The van der Waals surface area contributed by atoms with E-state index in [2.05, 4.69) is 46.3 Å². The lowest BCUT2D eigenvalue weighted by molar-refractivity contribution is 0.203. The number of H-pyrrole nitrogens is 2. The Labute approximate surface area is 124 Å². The second kappa shape index (κ2) is 6.03. The molecule has 0 aliphatic carbocycles. The third kappa shape index (κ3) is 3.36. The van der Waals surface area contributed by atoms with E-state index in [1.165, 1.54) is 31.5 Å². The van der Waals surface area contributed by atoms with Gasteiger partial charge in [0.15, 0.2) is 0 Å². The summed E-state index contributed by atoms with van der Waals surface area (Å²) >= 11 is 0. The SMILES string of the molecule is CC(NCC1CCCN(C)C1)c1ccc2[nH]c(=O)[nH]c2c1. The molecule has 5 nitrogen and oxygen atoms in total. The van der Waals surface area contributed by atoms with Gasteiger partial charge in [-0.2, -0.15) is 0 Å². The van der Waals surface area contributed by atoms with Gasteiger partial charge in [-0.1, -0.05) is 6.07 Å². The van der Waals surface area contributed by atoms with Crippen LogP contribution in [-0.4, -0.2) is 41.5 Å². The Hall–Kier alpha value is -1.59. The largest absolute Gasteiger partial charge is 0.323 e. The highest BCUT2D eigenvalue weighted by Crippen LogP contribution is 2.19. The summed E-state index contributed by atoms with van der Waals surface area (Å²) in [7, 11) is 2.20. The third-order valence-corrected chi connectivity index (χ3v) is 4.47. The molecule has 2 aromatic rings. The Kier molecular flexibility index (Phi) is 4.12. The van der Waals surface area contributed by atoms with Crippen LogP contribution in [-0.2, 0) is 0 Å². The molecular weight excluding hydrogens is 264 g/mol. The molecule has 1 saturated heterocycles. The van der Waals surface area contributed by atoms with Crippen molar-refractivity contribution in [1.82, 2.24) is 20.2 Å². The third-order valence-electron chi connectivity index (χ3n) is 4.47. The van der Waals surface area contributed by atoms with Gasteiger partial charge < -0.3 is 20.2 Å². The van der Waals surface area contributed by atoms with E-state index in [9.17, 15) is 4.79 Å². The first kappa shape index (κ1) is 14.4. The predicted molar refractivity (Wildman–Crippen MR) is 85.6 cm³/mol. The number of piperidine rings is 1. The van der Waals surface area contributed by atoms with Crippen molar-refractivity contribution in [2.24, 2.45) is 5.92 Å². The Morgan fingerprint density at radius 1 is 1.38 bits per heavy atom. The molecule has 3 rings (SSSR count). The molecule has 1 fully saturated rings. The second-order valence-corrected chi connectivity index (χ2v) is 6.28. The molecule has 0 saturated carbocycles. The maximum atomic E-state index is 11.3. The number of nitrogens with one attached hydrogen (secondary N) is 3. The smallest absolute Gasteiger partial charge is 0.310 e. The standard InChI is InChI=1S/C16H24N4O/c1-11(17-9-12-4-3-7-20(2)10-12)13-5-6-14-15(8-13)19-16(21)18-14/h5-6,8,11-12,17H,3-4,7,9-10H2,1-2H3,(H2,18,19,21). The molecule has 5 heteroatoms. The topological polar surface area (TPSA) is 63.9 Å². The fourth-order valence-corrected chi connectivity index (χ4v) is 3.22. The molecule has 0 bridgehead atoms. The van der Waals surface area contributed by atoms with Crippen molar-refractivity contribution < 1.29 is 0 Å². The lowest BCUT2D eigenvalue weighted by atomic mass is 9.97. The van der Waals surface area contributed by atoms with Crippen LogP contribution in [0.4, 0.5) is 0 Å². The molecule has 3 N–H and O–H groups in total. The lowest BCUT2D eigenvalue weighted by Gasteiger charge is -2.30. The van der Waals surface area contributed by atoms with Crippen LogP contribution >= 0.6 is 0 Å². The van der Waals surface area contributed by atoms with Crippen molar-refractivity contribution in [3.63, 3.8) is 0 Å². The predicted octanol–water partition coefficient (Wildman–Crippen LogP) is 1.85. The summed E-state index contributed by atoms with van der Waals surface area (Å²) in [5, 5.41) is 3.63. The van der Waals surface area contributed by atoms with Crippen molar-refractivity contribution in [1.29, 1.82) is 0 Å². The molecule has 1 aliphatic rings. The van der Waals surface area contributed by atoms with Gasteiger partial charge in [-0.05, 0) is 63.5 Å². The van der Waals surface area contributed by atoms with Gasteiger partial charge in [-0.15, -0.1) is 0 Å². The molecule has 0 spiro atoms. The monoisotopic (exact) mass is 288 g/mol. The van der Waals surface area contributed by atoms with E-state index in [-0.39, 0.29) is 5.69 Å². The number of nitrogens with zero attached hydrogens (tertiary/aromatic N) is 1. The first-order valence-electron chi connectivity index (χ1n) is 7.75. The van der Waals surface area contributed by atoms with E-state index >= 15 is 0 Å². The van der Waals surface area contributed by atoms with Gasteiger partial charge in [0.2, 0.25) is 0 Å². The van der Waals surface area contributed by atoms with E-state index in [1.54, 1.807) is 0 Å². The number of fused-ring (bicyclic) bond motifs is 1. The fraction of sp³-hybridized carbons (Fsp3) is 0.562. The van der Waals surface area contributed by atoms with Crippen molar-refractivity contribution >= 4 is 11.0 Å². The van der Waals surface area contributed by atoms with Gasteiger partial charge in [0.25, 0.3) is 0 Å². The first-order chi connectivity index (χ1) is 10.1. The summed E-state index contributed by atoms with van der Waals surface area (Å²) in [4.78, 5) is 19.3. The summed E-state index contributed by atoms with van der Waals surface area (Å²) in [6.07, 6.45) is 2.61. The van der Waals surface area contributed by atoms with Crippen LogP contribution in [0.1, 0.15) is 31.4 Å². The van der Waals surface area contributed by atoms with Crippen LogP contribution in [0.3, 0.4) is 0 Å². The number of aromatic amines is 2. The molecule has 114 valence electrons. The zero-order chi connectivity index (χ0) is 14.8. The van der Waals surface area contributed by atoms with Crippen molar-refractivity contribution in [3.8, 4) is 0 Å². The Morgan fingerprint density at radius 3 is 3.00 bits per heavy atom. The first-order valence-corrected chi connectivity index (χ1v) is 7.75. The zero-order valence-electron chi connectivity index (χ0n) is 12.8. The molecule has 1 aliphatic heterocycles. The van der Waals surface area contributed by atoms with Crippen molar-refractivity contribution in [2.45, 2.75) is 25.8 Å². The number of benzene rings is 1. The van der Waals surface area contributed by atoms with Crippen LogP contribution in [0.15, 0.2) is 23.0 Å². The van der Waals surface area contributed by atoms with Gasteiger partial charge in [-0.25, -0.2) is 4.79 Å². The molecule has 0 amide bonds. The highest BCUT2D eigenvalue weighted by atomic mass is 16.1. The Balaban J connectivity index is 1.63.